The van der Waals surface area contributed by atoms with Crippen molar-refractivity contribution in [3.8, 4) is 11.5 Å². The normalized spacial score (nSPS) is 21.5. The molecule has 92 valence electrons. The smallest absolute Gasteiger partial charge is 0.197 e. The molecule has 1 saturated carbocycles. The van der Waals surface area contributed by atoms with E-state index >= 15 is 0 Å². The zero-order chi connectivity index (χ0) is 11.9. The Morgan fingerprint density at radius 1 is 1.12 bits per heavy atom. The fourth-order valence-corrected chi connectivity index (χ4v) is 2.74. The van der Waals surface area contributed by atoms with Crippen molar-refractivity contribution in [1.29, 1.82) is 0 Å². The minimum Gasteiger partial charge on any atom is -0.486 e. The van der Waals surface area contributed by atoms with Gasteiger partial charge in [0.2, 0.25) is 0 Å². The van der Waals surface area contributed by atoms with Gasteiger partial charge in [-0.1, -0.05) is 18.9 Å². The van der Waals surface area contributed by atoms with Gasteiger partial charge in [0.15, 0.2) is 17.3 Å². The highest BCUT2D eigenvalue weighted by Gasteiger charge is 2.35. The minimum absolute atomic E-state index is 0.227. The summed E-state index contributed by atoms with van der Waals surface area (Å²) in [6.45, 7) is 0.866. The Hall–Kier alpha value is -1.29. The van der Waals surface area contributed by atoms with Gasteiger partial charge < -0.3 is 15.2 Å². The summed E-state index contributed by atoms with van der Waals surface area (Å²) >= 11 is 0. The largest absolute Gasteiger partial charge is 0.486 e. The number of halogens is 1. The molecule has 0 atom stereocenters. The van der Waals surface area contributed by atoms with Crippen LogP contribution in [0.2, 0.25) is 0 Å². The van der Waals surface area contributed by atoms with Crippen LogP contribution in [0.1, 0.15) is 31.2 Å². The van der Waals surface area contributed by atoms with Gasteiger partial charge in [-0.3, -0.25) is 0 Å². The lowest BCUT2D eigenvalue weighted by Gasteiger charge is -2.27. The number of benzene rings is 1. The second kappa shape index (κ2) is 3.88. The molecule has 1 heterocycles. The number of hydrogen-bond acceptors (Lipinski definition) is 3. The standard InChI is InChI=1S/C13H16FNO2/c14-11-9(13(15)5-1-2-6-13)3-4-10-12(11)17-8-7-16-10/h3-4H,1-2,5-8,15H2. The summed E-state index contributed by atoms with van der Waals surface area (Å²) in [5.41, 5.74) is 6.32. The minimum atomic E-state index is -0.528. The second-order valence-corrected chi connectivity index (χ2v) is 4.81. The molecule has 1 aromatic rings. The number of rotatable bonds is 1. The van der Waals surface area contributed by atoms with E-state index in [1.165, 1.54) is 0 Å². The molecule has 2 N–H and O–H groups in total. The molecular formula is C13H16FNO2. The predicted molar refractivity (Wildman–Crippen MR) is 61.7 cm³/mol. The summed E-state index contributed by atoms with van der Waals surface area (Å²) in [6, 6.07) is 3.51. The van der Waals surface area contributed by atoms with Crippen molar-refractivity contribution in [3.05, 3.63) is 23.5 Å². The molecule has 2 aliphatic rings. The van der Waals surface area contributed by atoms with E-state index in [0.29, 0.717) is 24.5 Å². The summed E-state index contributed by atoms with van der Waals surface area (Å²) < 4.78 is 25.1. The van der Waals surface area contributed by atoms with Crippen LogP contribution >= 0.6 is 0 Å². The number of hydrogen-bond donors (Lipinski definition) is 1. The third-order valence-electron chi connectivity index (χ3n) is 3.68. The molecule has 4 heteroatoms. The van der Waals surface area contributed by atoms with Crippen LogP contribution in [0.3, 0.4) is 0 Å². The maximum Gasteiger partial charge on any atom is 0.197 e. The molecule has 0 aromatic heterocycles. The number of fused-ring (bicyclic) bond motifs is 1. The second-order valence-electron chi connectivity index (χ2n) is 4.81. The van der Waals surface area contributed by atoms with Gasteiger partial charge in [0.1, 0.15) is 13.2 Å². The molecule has 0 saturated heterocycles. The van der Waals surface area contributed by atoms with Gasteiger partial charge in [-0.2, -0.15) is 0 Å². The first kappa shape index (κ1) is 10.8. The van der Waals surface area contributed by atoms with Crippen LogP contribution in [-0.2, 0) is 5.54 Å². The van der Waals surface area contributed by atoms with Crippen LogP contribution in [-0.4, -0.2) is 13.2 Å². The Balaban J connectivity index is 2.06. The zero-order valence-corrected chi connectivity index (χ0v) is 9.67. The van der Waals surface area contributed by atoms with E-state index < -0.39 is 5.54 Å². The lowest BCUT2D eigenvalue weighted by molar-refractivity contribution is 0.163. The average Bonchev–Trinajstić information content (AvgIpc) is 2.78. The van der Waals surface area contributed by atoms with Gasteiger partial charge in [0.25, 0.3) is 0 Å². The molecule has 0 bridgehead atoms. The molecule has 0 amide bonds. The van der Waals surface area contributed by atoms with Crippen LogP contribution < -0.4 is 15.2 Å². The highest BCUT2D eigenvalue weighted by atomic mass is 19.1. The molecule has 17 heavy (non-hydrogen) atoms. The van der Waals surface area contributed by atoms with Crippen LogP contribution in [0.5, 0.6) is 11.5 Å². The Bertz CT molecular complexity index is 441. The van der Waals surface area contributed by atoms with Gasteiger partial charge in [0, 0.05) is 11.1 Å². The van der Waals surface area contributed by atoms with E-state index in [0.717, 1.165) is 25.7 Å². The molecule has 0 spiro atoms. The summed E-state index contributed by atoms with van der Waals surface area (Å²) in [6.07, 6.45) is 3.79. The van der Waals surface area contributed by atoms with Crippen molar-refractivity contribution < 1.29 is 13.9 Å². The van der Waals surface area contributed by atoms with Crippen molar-refractivity contribution in [3.63, 3.8) is 0 Å². The first-order chi connectivity index (χ1) is 8.21. The fourth-order valence-electron chi connectivity index (χ4n) is 2.74. The topological polar surface area (TPSA) is 44.5 Å². The monoisotopic (exact) mass is 237 g/mol. The summed E-state index contributed by atoms with van der Waals surface area (Å²) in [4.78, 5) is 0. The van der Waals surface area contributed by atoms with Crippen molar-refractivity contribution >= 4 is 0 Å². The van der Waals surface area contributed by atoms with E-state index in [9.17, 15) is 4.39 Å². The van der Waals surface area contributed by atoms with Gasteiger partial charge in [-0.05, 0) is 18.9 Å². The molecule has 3 rings (SSSR count). The first-order valence-corrected chi connectivity index (χ1v) is 6.08. The summed E-state index contributed by atoms with van der Waals surface area (Å²) in [5, 5.41) is 0. The highest BCUT2D eigenvalue weighted by molar-refractivity contribution is 5.47. The maximum absolute atomic E-state index is 14.4. The van der Waals surface area contributed by atoms with Crippen molar-refractivity contribution in [2.45, 2.75) is 31.2 Å². The van der Waals surface area contributed by atoms with Crippen molar-refractivity contribution in [2.75, 3.05) is 13.2 Å². The Morgan fingerprint density at radius 3 is 2.59 bits per heavy atom. The average molecular weight is 237 g/mol. The Labute approximate surface area is 99.7 Å². The van der Waals surface area contributed by atoms with Crippen LogP contribution in [0.15, 0.2) is 12.1 Å². The van der Waals surface area contributed by atoms with Gasteiger partial charge in [-0.15, -0.1) is 0 Å². The van der Waals surface area contributed by atoms with E-state index in [1.54, 1.807) is 12.1 Å². The van der Waals surface area contributed by atoms with Gasteiger partial charge >= 0.3 is 0 Å². The van der Waals surface area contributed by atoms with Crippen molar-refractivity contribution in [1.82, 2.24) is 0 Å². The van der Waals surface area contributed by atoms with E-state index in [-0.39, 0.29) is 11.6 Å². The first-order valence-electron chi connectivity index (χ1n) is 6.08. The highest BCUT2D eigenvalue weighted by Crippen LogP contribution is 2.43. The third-order valence-corrected chi connectivity index (χ3v) is 3.68. The van der Waals surface area contributed by atoms with Crippen molar-refractivity contribution in [2.24, 2.45) is 5.73 Å². The van der Waals surface area contributed by atoms with Gasteiger partial charge in [-0.25, -0.2) is 4.39 Å². The summed E-state index contributed by atoms with van der Waals surface area (Å²) in [7, 11) is 0. The van der Waals surface area contributed by atoms with Gasteiger partial charge in [0.05, 0.1) is 0 Å². The molecular weight excluding hydrogens is 221 g/mol. The fraction of sp³-hybridized carbons (Fsp3) is 0.538. The molecule has 1 aliphatic carbocycles. The Morgan fingerprint density at radius 2 is 1.82 bits per heavy atom. The molecule has 1 aromatic carbocycles. The predicted octanol–water partition coefficient (Wildman–Crippen LogP) is 2.32. The van der Waals surface area contributed by atoms with E-state index in [2.05, 4.69) is 0 Å². The van der Waals surface area contributed by atoms with Crippen LogP contribution in [0, 0.1) is 5.82 Å². The van der Waals surface area contributed by atoms with E-state index in [1.807, 2.05) is 0 Å². The lowest BCUT2D eigenvalue weighted by Crippen LogP contribution is -2.34. The molecule has 1 aliphatic heterocycles. The number of ether oxygens (including phenoxy) is 2. The molecule has 1 fully saturated rings. The third kappa shape index (κ3) is 1.67. The molecule has 3 nitrogen and oxygen atoms in total. The summed E-state index contributed by atoms with van der Waals surface area (Å²) in [5.74, 6) is 0.371. The number of nitrogens with two attached hydrogens (primary N) is 1. The van der Waals surface area contributed by atoms with Crippen LogP contribution in [0.4, 0.5) is 4.39 Å². The molecule has 0 radical (unpaired) electrons. The SMILES string of the molecule is NC1(c2ccc3c(c2F)OCCO3)CCCC1. The van der Waals surface area contributed by atoms with E-state index in [4.69, 9.17) is 15.2 Å². The maximum atomic E-state index is 14.4. The zero-order valence-electron chi connectivity index (χ0n) is 9.67. The van der Waals surface area contributed by atoms with Crippen LogP contribution in [0.25, 0.3) is 0 Å². The lowest BCUT2D eigenvalue weighted by atomic mass is 9.88. The Kier molecular flexibility index (Phi) is 2.47. The molecule has 0 unspecified atom stereocenters. The quantitative estimate of drug-likeness (QED) is 0.815.